The fourth-order valence-electron chi connectivity index (χ4n) is 3.14. The third kappa shape index (κ3) is 2.47. The van der Waals surface area contributed by atoms with Gasteiger partial charge in [0.15, 0.2) is 17.5 Å². The normalized spacial score (nSPS) is 10.8. The van der Waals surface area contributed by atoms with Crippen LogP contribution in [0.2, 0.25) is 0 Å². The lowest BCUT2D eigenvalue weighted by Gasteiger charge is -2.08. The van der Waals surface area contributed by atoms with Gasteiger partial charge in [-0.2, -0.15) is 9.83 Å². The maximum atomic E-state index is 9.50. The molecule has 2 aromatic carbocycles. The van der Waals surface area contributed by atoms with Crippen molar-refractivity contribution in [2.24, 2.45) is 0 Å². The van der Waals surface area contributed by atoms with Gasteiger partial charge in [-0.1, -0.05) is 23.4 Å². The second kappa shape index (κ2) is 5.88. The van der Waals surface area contributed by atoms with E-state index in [9.17, 15) is 5.26 Å². The van der Waals surface area contributed by atoms with Crippen LogP contribution in [0, 0.1) is 25.2 Å². The smallest absolute Gasteiger partial charge is 0.215 e. The Hall–Kier alpha value is -3.45. The first-order chi connectivity index (χ1) is 12.2. The van der Waals surface area contributed by atoms with E-state index in [-0.39, 0.29) is 0 Å². The zero-order valence-corrected chi connectivity index (χ0v) is 14.0. The molecule has 0 radical (unpaired) electrons. The maximum absolute atomic E-state index is 9.50. The van der Waals surface area contributed by atoms with Crippen LogP contribution in [0.5, 0.6) is 0 Å². The average Bonchev–Trinajstić information content (AvgIpc) is 3.07. The lowest BCUT2D eigenvalue weighted by molar-refractivity contribution is -0.603. The van der Waals surface area contributed by atoms with E-state index < -0.39 is 0 Å². The molecule has 0 spiro atoms. The molecule has 0 saturated heterocycles. The van der Waals surface area contributed by atoms with Crippen LogP contribution in [0.15, 0.2) is 65.3 Å². The van der Waals surface area contributed by atoms with Crippen LogP contribution in [0.25, 0.3) is 27.9 Å². The highest BCUT2D eigenvalue weighted by Crippen LogP contribution is 2.32. The van der Waals surface area contributed by atoms with Crippen molar-refractivity contribution in [3.8, 4) is 23.0 Å². The van der Waals surface area contributed by atoms with Crippen LogP contribution in [-0.4, -0.2) is 5.16 Å². The van der Waals surface area contributed by atoms with Crippen LogP contribution < -0.4 is 4.57 Å². The fourth-order valence-corrected chi connectivity index (χ4v) is 3.14. The molecule has 0 amide bonds. The Bertz CT molecular complexity index is 1140. The van der Waals surface area contributed by atoms with Gasteiger partial charge in [-0.25, -0.2) is 0 Å². The first-order valence-electron chi connectivity index (χ1n) is 8.06. The Morgan fingerprint density at radius 3 is 2.64 bits per heavy atom. The number of nitrogens with zero attached hydrogens (tertiary/aromatic N) is 3. The summed E-state index contributed by atoms with van der Waals surface area (Å²) in [6.45, 7) is 4.10. The largest absolute Gasteiger partial charge is 0.356 e. The minimum atomic E-state index is 0.596. The van der Waals surface area contributed by atoms with Gasteiger partial charge in [0.25, 0.3) is 0 Å². The Morgan fingerprint density at radius 1 is 1.04 bits per heavy atom. The molecule has 0 aliphatic rings. The number of pyridine rings is 1. The van der Waals surface area contributed by atoms with Crippen molar-refractivity contribution in [2.45, 2.75) is 13.8 Å². The van der Waals surface area contributed by atoms with E-state index in [1.807, 2.05) is 67.7 Å². The SMILES string of the molecule is Cc1c(-c2noc3ccccc23)cc(C#N)cc1-[n+]1ccccc1C. The van der Waals surface area contributed by atoms with Crippen molar-refractivity contribution in [1.29, 1.82) is 5.26 Å². The monoisotopic (exact) mass is 326 g/mol. The number of nitriles is 1. The van der Waals surface area contributed by atoms with Gasteiger partial charge in [-0.05, 0) is 25.1 Å². The van der Waals surface area contributed by atoms with Crippen LogP contribution in [0.3, 0.4) is 0 Å². The summed E-state index contributed by atoms with van der Waals surface area (Å²) in [5.41, 5.74) is 6.13. The van der Waals surface area contributed by atoms with Gasteiger partial charge in [0.05, 0.1) is 11.6 Å². The van der Waals surface area contributed by atoms with Gasteiger partial charge < -0.3 is 4.52 Å². The predicted octanol–water partition coefficient (Wildman–Crippen LogP) is 4.26. The summed E-state index contributed by atoms with van der Waals surface area (Å²) in [5, 5.41) is 14.7. The number of rotatable bonds is 2. The highest BCUT2D eigenvalue weighted by atomic mass is 16.5. The summed E-state index contributed by atoms with van der Waals surface area (Å²) >= 11 is 0. The molecule has 0 aliphatic heterocycles. The molecule has 0 saturated carbocycles. The summed E-state index contributed by atoms with van der Waals surface area (Å²) in [4.78, 5) is 0. The first-order valence-corrected chi connectivity index (χ1v) is 8.06. The number of fused-ring (bicyclic) bond motifs is 1. The average molecular weight is 326 g/mol. The van der Waals surface area contributed by atoms with Gasteiger partial charge in [0, 0.05) is 41.6 Å². The van der Waals surface area contributed by atoms with Crippen LogP contribution >= 0.6 is 0 Å². The molecule has 4 nitrogen and oxygen atoms in total. The van der Waals surface area contributed by atoms with Crippen molar-refractivity contribution in [1.82, 2.24) is 5.16 Å². The van der Waals surface area contributed by atoms with Gasteiger partial charge in [-0.3, -0.25) is 0 Å². The van der Waals surface area contributed by atoms with Crippen molar-refractivity contribution in [3.05, 3.63) is 77.6 Å². The van der Waals surface area contributed by atoms with Crippen molar-refractivity contribution in [3.63, 3.8) is 0 Å². The topological polar surface area (TPSA) is 53.7 Å². The van der Waals surface area contributed by atoms with E-state index in [1.165, 1.54) is 0 Å². The molecule has 4 aromatic rings. The van der Waals surface area contributed by atoms with E-state index in [1.54, 1.807) is 0 Å². The zero-order valence-electron chi connectivity index (χ0n) is 14.0. The summed E-state index contributed by atoms with van der Waals surface area (Å²) in [7, 11) is 0. The van der Waals surface area contributed by atoms with Gasteiger partial charge in [0.1, 0.15) is 5.69 Å². The molecule has 0 N–H and O–H groups in total. The summed E-state index contributed by atoms with van der Waals surface area (Å²) < 4.78 is 7.55. The molecule has 2 aromatic heterocycles. The lowest BCUT2D eigenvalue weighted by atomic mass is 9.98. The Balaban J connectivity index is 2.03. The number of hydrogen-bond donors (Lipinski definition) is 0. The Kier molecular flexibility index (Phi) is 3.55. The molecule has 0 bridgehead atoms. The second-order valence-corrected chi connectivity index (χ2v) is 6.02. The van der Waals surface area contributed by atoms with Gasteiger partial charge in [0.2, 0.25) is 5.69 Å². The molecular weight excluding hydrogens is 310 g/mol. The molecule has 0 atom stereocenters. The highest BCUT2D eigenvalue weighted by molar-refractivity contribution is 5.92. The molecule has 120 valence electrons. The first kappa shape index (κ1) is 15.1. The van der Waals surface area contributed by atoms with E-state index in [4.69, 9.17) is 4.52 Å². The number of hydrogen-bond acceptors (Lipinski definition) is 3. The van der Waals surface area contributed by atoms with E-state index in [0.717, 1.165) is 39.2 Å². The number of aryl methyl sites for hydroxylation is 1. The zero-order chi connectivity index (χ0) is 17.4. The molecule has 25 heavy (non-hydrogen) atoms. The fraction of sp³-hybridized carbons (Fsp3) is 0.0952. The molecule has 4 rings (SSSR count). The minimum Gasteiger partial charge on any atom is -0.356 e. The van der Waals surface area contributed by atoms with Crippen molar-refractivity contribution < 1.29 is 9.09 Å². The molecule has 0 fully saturated rings. The molecule has 4 heteroatoms. The Morgan fingerprint density at radius 2 is 1.84 bits per heavy atom. The number of benzene rings is 2. The van der Waals surface area contributed by atoms with Crippen LogP contribution in [0.1, 0.15) is 16.8 Å². The van der Waals surface area contributed by atoms with Crippen molar-refractivity contribution in [2.75, 3.05) is 0 Å². The van der Waals surface area contributed by atoms with Gasteiger partial charge in [-0.15, -0.1) is 0 Å². The quantitative estimate of drug-likeness (QED) is 0.517. The third-order valence-corrected chi connectivity index (χ3v) is 4.47. The van der Waals surface area contributed by atoms with Gasteiger partial charge >= 0.3 is 0 Å². The van der Waals surface area contributed by atoms with Crippen LogP contribution in [-0.2, 0) is 0 Å². The number of aromatic nitrogens is 2. The minimum absolute atomic E-state index is 0.596. The molecule has 2 heterocycles. The number of para-hydroxylation sites is 1. The maximum Gasteiger partial charge on any atom is 0.215 e. The predicted molar refractivity (Wildman–Crippen MR) is 95.2 cm³/mol. The van der Waals surface area contributed by atoms with E-state index in [0.29, 0.717) is 5.56 Å². The molecule has 0 unspecified atom stereocenters. The summed E-state index contributed by atoms with van der Waals surface area (Å²) in [5.74, 6) is 0. The third-order valence-electron chi connectivity index (χ3n) is 4.47. The van der Waals surface area contributed by atoms with Crippen LogP contribution in [0.4, 0.5) is 0 Å². The van der Waals surface area contributed by atoms with E-state index >= 15 is 0 Å². The molecular formula is C21H16N3O+. The van der Waals surface area contributed by atoms with E-state index in [2.05, 4.69) is 22.7 Å². The van der Waals surface area contributed by atoms with Crippen molar-refractivity contribution >= 4 is 11.0 Å². The second-order valence-electron chi connectivity index (χ2n) is 6.02. The Labute approximate surface area is 145 Å². The molecule has 0 aliphatic carbocycles. The lowest BCUT2D eigenvalue weighted by Crippen LogP contribution is -2.34. The summed E-state index contributed by atoms with van der Waals surface area (Å²) in [6, 6.07) is 19.8. The standard InChI is InChI=1S/C21H16N3O/c1-14-7-5-6-10-24(14)19-12-16(13-22)11-18(15(19)2)21-17-8-3-4-9-20(17)25-23-21/h3-12H,1-2H3/q+1. The highest BCUT2D eigenvalue weighted by Gasteiger charge is 2.21. The summed E-state index contributed by atoms with van der Waals surface area (Å²) in [6.07, 6.45) is 2.00.